The highest BCUT2D eigenvalue weighted by molar-refractivity contribution is 6.03. The quantitative estimate of drug-likeness (QED) is 0.883. The predicted molar refractivity (Wildman–Crippen MR) is 93.1 cm³/mol. The number of nitrogens with zero attached hydrogens (tertiary/aromatic N) is 3. The maximum atomic E-state index is 12.4. The molecule has 0 saturated carbocycles. The first-order chi connectivity index (χ1) is 11.6. The zero-order valence-corrected chi connectivity index (χ0v) is 13.8. The molecule has 1 aromatic carbocycles. The van der Waals surface area contributed by atoms with Gasteiger partial charge >= 0.3 is 0 Å². The molecule has 0 fully saturated rings. The molecule has 3 rings (SSSR count). The van der Waals surface area contributed by atoms with Crippen LogP contribution >= 0.6 is 0 Å². The summed E-state index contributed by atoms with van der Waals surface area (Å²) in [5, 5.41) is 9.96. The van der Waals surface area contributed by atoms with Crippen LogP contribution in [-0.4, -0.2) is 34.7 Å². The Hall–Kier alpha value is -2.83. The molecule has 24 heavy (non-hydrogen) atoms. The second kappa shape index (κ2) is 6.74. The Morgan fingerprint density at radius 2 is 2.17 bits per heavy atom. The molecule has 2 heterocycles. The van der Waals surface area contributed by atoms with Crippen molar-refractivity contribution in [1.29, 1.82) is 0 Å². The molecule has 7 heteroatoms. The fraction of sp³-hybridized carbons (Fsp3) is 0.353. The normalized spacial score (nSPS) is 14.8. The van der Waals surface area contributed by atoms with Crippen molar-refractivity contribution >= 4 is 29.0 Å². The van der Waals surface area contributed by atoms with E-state index in [0.717, 1.165) is 17.8 Å². The van der Waals surface area contributed by atoms with Crippen LogP contribution in [0.2, 0.25) is 0 Å². The van der Waals surface area contributed by atoms with Gasteiger partial charge < -0.3 is 15.5 Å². The summed E-state index contributed by atoms with van der Waals surface area (Å²) in [6.07, 6.45) is 2.59. The van der Waals surface area contributed by atoms with Crippen molar-refractivity contribution in [1.82, 2.24) is 9.78 Å². The van der Waals surface area contributed by atoms with E-state index >= 15 is 0 Å². The number of anilines is 3. The van der Waals surface area contributed by atoms with Gasteiger partial charge in [0.1, 0.15) is 5.82 Å². The Bertz CT molecular complexity index is 755. The minimum absolute atomic E-state index is 0.107. The first kappa shape index (κ1) is 16.0. The summed E-state index contributed by atoms with van der Waals surface area (Å²) >= 11 is 0. The molecule has 0 radical (unpaired) electrons. The highest BCUT2D eigenvalue weighted by atomic mass is 16.2. The number of aromatic nitrogens is 2. The number of para-hydroxylation sites is 2. The van der Waals surface area contributed by atoms with E-state index in [1.165, 1.54) is 0 Å². The summed E-state index contributed by atoms with van der Waals surface area (Å²) < 4.78 is 1.80. The van der Waals surface area contributed by atoms with Crippen molar-refractivity contribution in [2.45, 2.75) is 26.3 Å². The lowest BCUT2D eigenvalue weighted by molar-refractivity contribution is -0.115. The maximum absolute atomic E-state index is 12.4. The minimum atomic E-state index is -0.176. The first-order valence-electron chi connectivity index (χ1n) is 8.05. The lowest BCUT2D eigenvalue weighted by Crippen LogP contribution is -2.42. The number of fused-ring (bicyclic) bond motifs is 1. The molecule has 1 atom stereocenters. The summed E-state index contributed by atoms with van der Waals surface area (Å²) in [7, 11) is 0. The largest absolute Gasteiger partial charge is 0.351 e. The fourth-order valence-corrected chi connectivity index (χ4v) is 2.74. The Kier molecular flexibility index (Phi) is 4.50. The van der Waals surface area contributed by atoms with Gasteiger partial charge in [0.05, 0.1) is 36.7 Å². The summed E-state index contributed by atoms with van der Waals surface area (Å²) in [5.41, 5.74) is 1.58. The fourth-order valence-electron chi connectivity index (χ4n) is 2.74. The molecule has 1 aliphatic heterocycles. The number of hydrogen-bond acceptors (Lipinski definition) is 4. The van der Waals surface area contributed by atoms with Crippen LogP contribution < -0.4 is 15.5 Å². The van der Waals surface area contributed by atoms with Gasteiger partial charge in [0, 0.05) is 6.07 Å². The second-order valence-electron chi connectivity index (χ2n) is 5.89. The summed E-state index contributed by atoms with van der Waals surface area (Å²) in [6.45, 7) is 4.39. The molecule has 2 amide bonds. The van der Waals surface area contributed by atoms with Crippen LogP contribution in [0.1, 0.15) is 26.3 Å². The van der Waals surface area contributed by atoms with Crippen LogP contribution in [0, 0.1) is 0 Å². The zero-order valence-electron chi connectivity index (χ0n) is 13.8. The monoisotopic (exact) mass is 327 g/mol. The van der Waals surface area contributed by atoms with Gasteiger partial charge in [-0.15, -0.1) is 0 Å². The topological polar surface area (TPSA) is 79.3 Å². The van der Waals surface area contributed by atoms with Gasteiger partial charge in [0.25, 0.3) is 0 Å². The van der Waals surface area contributed by atoms with Crippen LogP contribution in [0.3, 0.4) is 0 Å². The standard InChI is InChI=1S/C17H21N5O2/c1-3-12(2)22-15(8-9-18-22)20-17(24)11-21-10-16(23)19-13-6-4-5-7-14(13)21/h4-9,12H,3,10-11H2,1-2H3,(H,19,23)(H,20,24)/t12-/m0/s1. The summed E-state index contributed by atoms with van der Waals surface area (Å²) in [6, 6.07) is 9.45. The SMILES string of the molecule is CC[C@H](C)n1nccc1NC(=O)CN1CC(=O)Nc2ccccc21. The van der Waals surface area contributed by atoms with Crippen LogP contribution in [0.15, 0.2) is 36.5 Å². The lowest BCUT2D eigenvalue weighted by atomic mass is 10.2. The van der Waals surface area contributed by atoms with E-state index in [2.05, 4.69) is 22.7 Å². The second-order valence-corrected chi connectivity index (χ2v) is 5.89. The van der Waals surface area contributed by atoms with Crippen molar-refractivity contribution in [3.63, 3.8) is 0 Å². The molecule has 0 unspecified atom stereocenters. The summed E-state index contributed by atoms with van der Waals surface area (Å²) in [4.78, 5) is 26.0. The minimum Gasteiger partial charge on any atom is -0.351 e. The van der Waals surface area contributed by atoms with Crippen molar-refractivity contribution in [3.05, 3.63) is 36.5 Å². The van der Waals surface area contributed by atoms with Crippen LogP contribution in [-0.2, 0) is 9.59 Å². The molecular formula is C17H21N5O2. The van der Waals surface area contributed by atoms with Crippen LogP contribution in [0.4, 0.5) is 17.2 Å². The molecule has 2 aromatic rings. The van der Waals surface area contributed by atoms with Crippen molar-refractivity contribution in [3.8, 4) is 0 Å². The predicted octanol–water partition coefficient (Wildman–Crippen LogP) is 2.25. The number of carbonyl (C=O) groups is 2. The third kappa shape index (κ3) is 3.24. The molecule has 1 aliphatic rings. The molecule has 0 spiro atoms. The molecule has 7 nitrogen and oxygen atoms in total. The van der Waals surface area contributed by atoms with E-state index in [4.69, 9.17) is 0 Å². The smallest absolute Gasteiger partial charge is 0.245 e. The lowest BCUT2D eigenvalue weighted by Gasteiger charge is -2.30. The number of rotatable bonds is 5. The molecule has 0 saturated heterocycles. The molecule has 1 aromatic heterocycles. The van der Waals surface area contributed by atoms with Gasteiger partial charge in [-0.3, -0.25) is 9.59 Å². The number of amides is 2. The Labute approximate surface area is 140 Å². The summed E-state index contributed by atoms with van der Waals surface area (Å²) in [5.74, 6) is 0.375. The van der Waals surface area contributed by atoms with Gasteiger partial charge in [-0.25, -0.2) is 4.68 Å². The van der Waals surface area contributed by atoms with Crippen molar-refractivity contribution in [2.24, 2.45) is 0 Å². The Morgan fingerprint density at radius 3 is 2.96 bits per heavy atom. The zero-order chi connectivity index (χ0) is 17.1. The van der Waals surface area contributed by atoms with E-state index < -0.39 is 0 Å². The average molecular weight is 327 g/mol. The maximum Gasteiger partial charge on any atom is 0.245 e. The van der Waals surface area contributed by atoms with Crippen molar-refractivity contribution in [2.75, 3.05) is 28.6 Å². The van der Waals surface area contributed by atoms with Gasteiger partial charge in [0.15, 0.2) is 0 Å². The Balaban J connectivity index is 1.72. The van der Waals surface area contributed by atoms with Gasteiger partial charge in [0.2, 0.25) is 11.8 Å². The molecule has 126 valence electrons. The van der Waals surface area contributed by atoms with Crippen LogP contribution in [0.5, 0.6) is 0 Å². The van der Waals surface area contributed by atoms with E-state index in [-0.39, 0.29) is 30.9 Å². The number of nitrogens with one attached hydrogen (secondary N) is 2. The van der Waals surface area contributed by atoms with Crippen LogP contribution in [0.25, 0.3) is 0 Å². The first-order valence-corrected chi connectivity index (χ1v) is 8.05. The number of hydrogen-bond donors (Lipinski definition) is 2. The van der Waals surface area contributed by atoms with Gasteiger partial charge in [-0.2, -0.15) is 5.10 Å². The molecule has 0 bridgehead atoms. The van der Waals surface area contributed by atoms with E-state index in [1.54, 1.807) is 21.8 Å². The third-order valence-electron chi connectivity index (χ3n) is 4.13. The number of carbonyl (C=O) groups excluding carboxylic acids is 2. The molecular weight excluding hydrogens is 306 g/mol. The third-order valence-corrected chi connectivity index (χ3v) is 4.13. The number of benzene rings is 1. The Morgan fingerprint density at radius 1 is 1.38 bits per heavy atom. The van der Waals surface area contributed by atoms with Crippen molar-refractivity contribution < 1.29 is 9.59 Å². The van der Waals surface area contributed by atoms with E-state index in [9.17, 15) is 9.59 Å². The van der Waals surface area contributed by atoms with Gasteiger partial charge in [-0.1, -0.05) is 19.1 Å². The highest BCUT2D eigenvalue weighted by Crippen LogP contribution is 2.28. The van der Waals surface area contributed by atoms with Gasteiger partial charge in [-0.05, 0) is 25.5 Å². The molecule has 0 aliphatic carbocycles. The average Bonchev–Trinajstić information content (AvgIpc) is 3.02. The van der Waals surface area contributed by atoms with E-state index in [0.29, 0.717) is 5.82 Å². The van der Waals surface area contributed by atoms with E-state index in [1.807, 2.05) is 31.2 Å². The highest BCUT2D eigenvalue weighted by Gasteiger charge is 2.23. The molecule has 2 N–H and O–H groups in total.